The molecule has 0 aromatic heterocycles. The summed E-state index contributed by atoms with van der Waals surface area (Å²) in [6, 6.07) is 0. The summed E-state index contributed by atoms with van der Waals surface area (Å²) in [5.74, 6) is -0.695. The fraction of sp³-hybridized carbons (Fsp3) is 0.538. The summed E-state index contributed by atoms with van der Waals surface area (Å²) < 4.78 is 5.21. The van der Waals surface area contributed by atoms with Gasteiger partial charge in [0.1, 0.15) is 0 Å². The molecular formula is C13H16ClNO3. The number of nitrogens with zero attached hydrogens (tertiary/aromatic N) is 1. The predicted molar refractivity (Wildman–Crippen MR) is 67.9 cm³/mol. The van der Waals surface area contributed by atoms with Crippen LogP contribution in [0.4, 0.5) is 0 Å². The first-order chi connectivity index (χ1) is 8.65. The van der Waals surface area contributed by atoms with Gasteiger partial charge in [0.25, 0.3) is 0 Å². The summed E-state index contributed by atoms with van der Waals surface area (Å²) in [5.41, 5.74) is 0. The number of allylic oxidation sites excluding steroid dienone is 2. The van der Waals surface area contributed by atoms with Gasteiger partial charge in [-0.3, -0.25) is 14.5 Å². The van der Waals surface area contributed by atoms with Gasteiger partial charge < -0.3 is 4.74 Å². The van der Waals surface area contributed by atoms with Crippen molar-refractivity contribution in [2.24, 2.45) is 11.8 Å². The van der Waals surface area contributed by atoms with Gasteiger partial charge in [-0.1, -0.05) is 23.8 Å². The molecule has 1 aliphatic carbocycles. The molecule has 4 nitrogen and oxygen atoms in total. The van der Waals surface area contributed by atoms with Crippen LogP contribution in [0.2, 0.25) is 0 Å². The van der Waals surface area contributed by atoms with Crippen LogP contribution >= 0.6 is 11.6 Å². The van der Waals surface area contributed by atoms with E-state index in [4.69, 9.17) is 16.3 Å². The largest absolute Gasteiger partial charge is 0.376 e. The molecule has 1 saturated heterocycles. The zero-order chi connectivity index (χ0) is 13.1. The third-order valence-electron chi connectivity index (χ3n) is 3.36. The Bertz CT molecular complexity index is 405. The van der Waals surface area contributed by atoms with E-state index in [0.29, 0.717) is 37.6 Å². The number of halogens is 1. The molecule has 0 bridgehead atoms. The number of hydrogen-bond acceptors (Lipinski definition) is 3. The number of rotatable bonds is 5. The molecule has 1 heterocycles. The van der Waals surface area contributed by atoms with Crippen LogP contribution in [0.25, 0.3) is 0 Å². The Morgan fingerprint density at radius 3 is 2.89 bits per heavy atom. The van der Waals surface area contributed by atoms with Crippen LogP contribution in [0.15, 0.2) is 23.8 Å². The van der Waals surface area contributed by atoms with Gasteiger partial charge in [0, 0.05) is 5.03 Å². The molecule has 0 aromatic carbocycles. The Labute approximate surface area is 111 Å². The molecule has 0 aromatic rings. The number of carbonyl (C=O) groups is 2. The number of amides is 2. The average molecular weight is 270 g/mol. The molecule has 0 spiro atoms. The minimum atomic E-state index is -0.269. The van der Waals surface area contributed by atoms with Gasteiger partial charge in [-0.05, 0) is 12.8 Å². The molecule has 0 radical (unpaired) electrons. The van der Waals surface area contributed by atoms with E-state index >= 15 is 0 Å². The highest BCUT2D eigenvalue weighted by Crippen LogP contribution is 2.38. The van der Waals surface area contributed by atoms with Crippen molar-refractivity contribution >= 4 is 23.4 Å². The lowest BCUT2D eigenvalue weighted by Gasteiger charge is -2.17. The molecule has 0 N–H and O–H groups in total. The molecule has 2 amide bonds. The highest BCUT2D eigenvalue weighted by molar-refractivity contribution is 6.30. The summed E-state index contributed by atoms with van der Waals surface area (Å²) in [6.07, 6.45) is 4.53. The SMILES string of the molecule is C=CCOCCN1C(=O)C2CC=C(Cl)CC2C1=O. The second-order valence-corrected chi connectivity index (χ2v) is 4.98. The molecule has 2 aliphatic rings. The van der Waals surface area contributed by atoms with Crippen LogP contribution in [0.1, 0.15) is 12.8 Å². The maximum atomic E-state index is 12.1. The fourth-order valence-corrected chi connectivity index (χ4v) is 2.69. The van der Waals surface area contributed by atoms with Crippen molar-refractivity contribution < 1.29 is 14.3 Å². The molecule has 2 atom stereocenters. The molecule has 1 fully saturated rings. The number of imide groups is 1. The predicted octanol–water partition coefficient (Wildman–Crippen LogP) is 1.71. The number of fused-ring (bicyclic) bond motifs is 1. The monoisotopic (exact) mass is 269 g/mol. The van der Waals surface area contributed by atoms with Gasteiger partial charge in [0.2, 0.25) is 11.8 Å². The van der Waals surface area contributed by atoms with E-state index in [2.05, 4.69) is 6.58 Å². The molecule has 2 rings (SSSR count). The quantitative estimate of drug-likeness (QED) is 0.434. The van der Waals surface area contributed by atoms with Gasteiger partial charge >= 0.3 is 0 Å². The summed E-state index contributed by atoms with van der Waals surface area (Å²) >= 11 is 5.93. The number of carbonyl (C=O) groups excluding carboxylic acids is 2. The van der Waals surface area contributed by atoms with Crippen LogP contribution in [-0.4, -0.2) is 36.5 Å². The van der Waals surface area contributed by atoms with E-state index in [-0.39, 0.29) is 23.7 Å². The Morgan fingerprint density at radius 1 is 1.44 bits per heavy atom. The number of likely N-dealkylation sites (tertiary alicyclic amines) is 1. The van der Waals surface area contributed by atoms with Crippen molar-refractivity contribution in [2.75, 3.05) is 19.8 Å². The van der Waals surface area contributed by atoms with E-state index in [0.717, 1.165) is 0 Å². The summed E-state index contributed by atoms with van der Waals surface area (Å²) in [5, 5.41) is 0.683. The standard InChI is InChI=1S/C13H16ClNO3/c1-2-6-18-7-5-15-12(16)10-4-3-9(14)8-11(10)13(15)17/h2-3,10-11H,1,4-8H2. The number of ether oxygens (including phenoxy) is 1. The van der Waals surface area contributed by atoms with E-state index in [1.807, 2.05) is 6.08 Å². The highest BCUT2D eigenvalue weighted by atomic mass is 35.5. The van der Waals surface area contributed by atoms with E-state index in [1.54, 1.807) is 6.08 Å². The van der Waals surface area contributed by atoms with Crippen LogP contribution < -0.4 is 0 Å². The lowest BCUT2D eigenvalue weighted by atomic mass is 9.85. The van der Waals surface area contributed by atoms with Gasteiger partial charge in [-0.25, -0.2) is 0 Å². The summed E-state index contributed by atoms with van der Waals surface area (Å²) in [7, 11) is 0. The lowest BCUT2D eigenvalue weighted by molar-refractivity contribution is -0.140. The molecule has 0 saturated carbocycles. The van der Waals surface area contributed by atoms with Gasteiger partial charge in [-0.2, -0.15) is 0 Å². The van der Waals surface area contributed by atoms with E-state index in [1.165, 1.54) is 4.90 Å². The van der Waals surface area contributed by atoms with Crippen molar-refractivity contribution in [3.63, 3.8) is 0 Å². The van der Waals surface area contributed by atoms with Crippen molar-refractivity contribution in [1.82, 2.24) is 4.90 Å². The summed E-state index contributed by atoms with van der Waals surface area (Å²) in [4.78, 5) is 25.5. The van der Waals surface area contributed by atoms with E-state index in [9.17, 15) is 9.59 Å². The van der Waals surface area contributed by atoms with Crippen LogP contribution in [0.3, 0.4) is 0 Å². The maximum Gasteiger partial charge on any atom is 0.233 e. The molecule has 1 aliphatic heterocycles. The topological polar surface area (TPSA) is 46.6 Å². The average Bonchev–Trinajstić information content (AvgIpc) is 2.59. The van der Waals surface area contributed by atoms with Crippen LogP contribution in [-0.2, 0) is 14.3 Å². The summed E-state index contributed by atoms with van der Waals surface area (Å²) in [6.45, 7) is 4.63. The molecule has 2 unspecified atom stereocenters. The first-order valence-electron chi connectivity index (χ1n) is 6.03. The van der Waals surface area contributed by atoms with Crippen molar-refractivity contribution in [2.45, 2.75) is 12.8 Å². The lowest BCUT2D eigenvalue weighted by Crippen LogP contribution is -2.34. The first kappa shape index (κ1) is 13.3. The smallest absolute Gasteiger partial charge is 0.233 e. The minimum absolute atomic E-state index is 0.0902. The van der Waals surface area contributed by atoms with Gasteiger partial charge in [-0.15, -0.1) is 6.58 Å². The van der Waals surface area contributed by atoms with Crippen LogP contribution in [0, 0.1) is 11.8 Å². The second-order valence-electron chi connectivity index (χ2n) is 4.50. The Balaban J connectivity index is 1.96. The first-order valence-corrected chi connectivity index (χ1v) is 6.41. The van der Waals surface area contributed by atoms with Crippen molar-refractivity contribution in [3.8, 4) is 0 Å². The Kier molecular flexibility index (Phi) is 4.19. The molecule has 98 valence electrons. The Morgan fingerprint density at radius 2 is 2.17 bits per heavy atom. The second kappa shape index (κ2) is 5.67. The van der Waals surface area contributed by atoms with Crippen molar-refractivity contribution in [3.05, 3.63) is 23.8 Å². The third kappa shape index (κ3) is 2.49. The minimum Gasteiger partial charge on any atom is -0.376 e. The van der Waals surface area contributed by atoms with Gasteiger partial charge in [0.05, 0.1) is 31.6 Å². The Hall–Kier alpha value is -1.13. The normalized spacial score (nSPS) is 27.2. The molecular weight excluding hydrogens is 254 g/mol. The third-order valence-corrected chi connectivity index (χ3v) is 3.66. The molecule has 18 heavy (non-hydrogen) atoms. The zero-order valence-electron chi connectivity index (χ0n) is 10.1. The number of hydrogen-bond donors (Lipinski definition) is 0. The van der Waals surface area contributed by atoms with Gasteiger partial charge in [0.15, 0.2) is 0 Å². The maximum absolute atomic E-state index is 12.1. The van der Waals surface area contributed by atoms with Crippen LogP contribution in [0.5, 0.6) is 0 Å². The van der Waals surface area contributed by atoms with Crippen molar-refractivity contribution in [1.29, 1.82) is 0 Å². The van der Waals surface area contributed by atoms with E-state index < -0.39 is 0 Å². The highest BCUT2D eigenvalue weighted by Gasteiger charge is 2.47. The zero-order valence-corrected chi connectivity index (χ0v) is 10.9. The fourth-order valence-electron chi connectivity index (χ4n) is 2.44. The molecule has 5 heteroatoms.